The lowest BCUT2D eigenvalue weighted by Gasteiger charge is -2.32. The van der Waals surface area contributed by atoms with Crippen LogP contribution in [0.25, 0.3) is 0 Å². The van der Waals surface area contributed by atoms with Crippen LogP contribution < -0.4 is 5.32 Å². The van der Waals surface area contributed by atoms with Gasteiger partial charge in [0.05, 0.1) is 24.0 Å². The van der Waals surface area contributed by atoms with E-state index in [0.29, 0.717) is 18.7 Å². The minimum absolute atomic E-state index is 0.0670. The number of rotatable bonds is 8. The topological polar surface area (TPSA) is 53.4 Å². The minimum Gasteiger partial charge on any atom is -0.348 e. The molecule has 0 aliphatic carbocycles. The SMILES string of the molecule is CCc1c(C(=O)NCc2ccc(CN3CCN(C)CC3)cc2)cnn1Cc1ccccc1. The van der Waals surface area contributed by atoms with E-state index in [4.69, 9.17) is 0 Å². The Kier molecular flexibility index (Phi) is 7.35. The van der Waals surface area contributed by atoms with Crippen LogP contribution in [0, 0.1) is 0 Å². The van der Waals surface area contributed by atoms with Crippen LogP contribution in [0.4, 0.5) is 0 Å². The Bertz CT molecular complexity index is 1000. The number of aromatic nitrogens is 2. The van der Waals surface area contributed by atoms with Gasteiger partial charge in [0.2, 0.25) is 0 Å². The second kappa shape index (κ2) is 10.6. The van der Waals surface area contributed by atoms with Crippen molar-refractivity contribution in [3.8, 4) is 0 Å². The summed E-state index contributed by atoms with van der Waals surface area (Å²) in [5, 5.41) is 7.54. The van der Waals surface area contributed by atoms with E-state index in [1.165, 1.54) is 11.1 Å². The fourth-order valence-corrected chi connectivity index (χ4v) is 4.17. The molecule has 6 heteroatoms. The van der Waals surface area contributed by atoms with Gasteiger partial charge in [-0.1, -0.05) is 61.5 Å². The first-order valence-electron chi connectivity index (χ1n) is 11.5. The van der Waals surface area contributed by atoms with Gasteiger partial charge < -0.3 is 10.2 Å². The number of hydrogen-bond acceptors (Lipinski definition) is 4. The van der Waals surface area contributed by atoms with Gasteiger partial charge in [-0.25, -0.2) is 0 Å². The van der Waals surface area contributed by atoms with Crippen molar-refractivity contribution in [2.24, 2.45) is 0 Å². The number of carbonyl (C=O) groups is 1. The van der Waals surface area contributed by atoms with Crippen molar-refractivity contribution in [1.29, 1.82) is 0 Å². The molecule has 0 atom stereocenters. The van der Waals surface area contributed by atoms with E-state index in [0.717, 1.165) is 50.4 Å². The fraction of sp³-hybridized carbons (Fsp3) is 0.385. The first kappa shape index (κ1) is 22.2. The summed E-state index contributed by atoms with van der Waals surface area (Å²) in [6, 6.07) is 18.8. The van der Waals surface area contributed by atoms with Gasteiger partial charge in [0, 0.05) is 39.3 Å². The molecule has 1 saturated heterocycles. The Morgan fingerprint density at radius 2 is 1.56 bits per heavy atom. The third kappa shape index (κ3) is 5.64. The van der Waals surface area contributed by atoms with Crippen molar-refractivity contribution in [2.45, 2.75) is 33.0 Å². The van der Waals surface area contributed by atoms with Crippen molar-refractivity contribution in [2.75, 3.05) is 33.2 Å². The molecule has 0 spiro atoms. The lowest BCUT2D eigenvalue weighted by molar-refractivity contribution is 0.0950. The van der Waals surface area contributed by atoms with Gasteiger partial charge in [-0.2, -0.15) is 5.10 Å². The molecular weight excluding hydrogens is 398 g/mol. The quantitative estimate of drug-likeness (QED) is 0.595. The molecule has 1 fully saturated rings. The summed E-state index contributed by atoms with van der Waals surface area (Å²) in [4.78, 5) is 17.7. The Balaban J connectivity index is 1.32. The maximum Gasteiger partial charge on any atom is 0.255 e. The number of amides is 1. The molecule has 3 aromatic rings. The van der Waals surface area contributed by atoms with Crippen molar-refractivity contribution >= 4 is 5.91 Å². The second-order valence-corrected chi connectivity index (χ2v) is 8.58. The van der Waals surface area contributed by atoms with E-state index in [1.54, 1.807) is 6.20 Å². The van der Waals surface area contributed by atoms with Gasteiger partial charge >= 0.3 is 0 Å². The smallest absolute Gasteiger partial charge is 0.255 e. The predicted octanol–water partition coefficient (Wildman–Crippen LogP) is 3.17. The molecule has 1 aromatic heterocycles. The Morgan fingerprint density at radius 3 is 2.25 bits per heavy atom. The minimum atomic E-state index is -0.0670. The van der Waals surface area contributed by atoms with Crippen LogP contribution in [0.2, 0.25) is 0 Å². The molecule has 0 bridgehead atoms. The van der Waals surface area contributed by atoms with Gasteiger partial charge in [0.1, 0.15) is 0 Å². The number of nitrogens with one attached hydrogen (secondary N) is 1. The fourth-order valence-electron chi connectivity index (χ4n) is 4.17. The number of likely N-dealkylation sites (N-methyl/N-ethyl adjacent to an activating group) is 1. The van der Waals surface area contributed by atoms with Crippen LogP contribution in [-0.4, -0.2) is 58.7 Å². The van der Waals surface area contributed by atoms with Crippen LogP contribution in [0.15, 0.2) is 60.8 Å². The van der Waals surface area contributed by atoms with Gasteiger partial charge in [-0.05, 0) is 30.2 Å². The lowest BCUT2D eigenvalue weighted by atomic mass is 10.1. The zero-order valence-corrected chi connectivity index (χ0v) is 19.1. The van der Waals surface area contributed by atoms with Crippen LogP contribution >= 0.6 is 0 Å². The third-order valence-electron chi connectivity index (χ3n) is 6.18. The molecule has 0 radical (unpaired) electrons. The molecule has 6 nitrogen and oxygen atoms in total. The second-order valence-electron chi connectivity index (χ2n) is 8.58. The molecule has 168 valence electrons. The molecule has 0 unspecified atom stereocenters. The maximum absolute atomic E-state index is 12.8. The highest BCUT2D eigenvalue weighted by atomic mass is 16.1. The summed E-state index contributed by atoms with van der Waals surface area (Å²) in [6.45, 7) is 8.73. The highest BCUT2D eigenvalue weighted by Crippen LogP contribution is 2.14. The summed E-state index contributed by atoms with van der Waals surface area (Å²) in [5.74, 6) is -0.0670. The predicted molar refractivity (Wildman–Crippen MR) is 128 cm³/mol. The molecule has 2 aromatic carbocycles. The van der Waals surface area contributed by atoms with Crippen molar-refractivity contribution in [3.05, 3.63) is 88.7 Å². The molecule has 1 N–H and O–H groups in total. The number of nitrogens with zero attached hydrogens (tertiary/aromatic N) is 4. The molecule has 1 aliphatic rings. The number of benzene rings is 2. The van der Waals surface area contributed by atoms with Crippen LogP contribution in [-0.2, 0) is 26.1 Å². The van der Waals surface area contributed by atoms with E-state index in [9.17, 15) is 4.79 Å². The molecular formula is C26H33N5O. The standard InChI is InChI=1S/C26H33N5O/c1-3-25-24(18-28-31(25)20-22-7-5-4-6-8-22)26(32)27-17-21-9-11-23(12-10-21)19-30-15-13-29(2)14-16-30/h4-12,18H,3,13-17,19-20H2,1-2H3,(H,27,32). The largest absolute Gasteiger partial charge is 0.348 e. The summed E-state index contributed by atoms with van der Waals surface area (Å²) in [5.41, 5.74) is 5.23. The molecule has 32 heavy (non-hydrogen) atoms. The average molecular weight is 432 g/mol. The van der Waals surface area contributed by atoms with Crippen LogP contribution in [0.1, 0.15) is 39.7 Å². The lowest BCUT2D eigenvalue weighted by Crippen LogP contribution is -2.43. The molecule has 2 heterocycles. The zero-order chi connectivity index (χ0) is 22.3. The van der Waals surface area contributed by atoms with Gasteiger partial charge in [-0.15, -0.1) is 0 Å². The molecule has 4 rings (SSSR count). The van der Waals surface area contributed by atoms with Crippen molar-refractivity contribution in [3.63, 3.8) is 0 Å². The Labute approximate surface area is 190 Å². The highest BCUT2D eigenvalue weighted by molar-refractivity contribution is 5.95. The maximum atomic E-state index is 12.8. The summed E-state index contributed by atoms with van der Waals surface area (Å²) >= 11 is 0. The first-order chi connectivity index (χ1) is 15.6. The number of hydrogen-bond donors (Lipinski definition) is 1. The Hall–Kier alpha value is -2.96. The van der Waals surface area contributed by atoms with E-state index < -0.39 is 0 Å². The van der Waals surface area contributed by atoms with E-state index in [1.807, 2.05) is 22.9 Å². The number of carbonyl (C=O) groups excluding carboxylic acids is 1. The summed E-state index contributed by atoms with van der Waals surface area (Å²) < 4.78 is 1.93. The normalized spacial score (nSPS) is 15.1. The average Bonchev–Trinajstić information content (AvgIpc) is 3.23. The van der Waals surface area contributed by atoms with Gasteiger partial charge in [-0.3, -0.25) is 14.4 Å². The molecule has 0 saturated carbocycles. The van der Waals surface area contributed by atoms with Crippen molar-refractivity contribution < 1.29 is 4.79 Å². The zero-order valence-electron chi connectivity index (χ0n) is 19.1. The Morgan fingerprint density at radius 1 is 0.906 bits per heavy atom. The summed E-state index contributed by atoms with van der Waals surface area (Å²) in [6.07, 6.45) is 2.45. The molecule has 1 amide bonds. The first-order valence-corrected chi connectivity index (χ1v) is 11.5. The van der Waals surface area contributed by atoms with Crippen LogP contribution in [0.3, 0.4) is 0 Å². The van der Waals surface area contributed by atoms with Gasteiger partial charge in [0.15, 0.2) is 0 Å². The third-order valence-corrected chi connectivity index (χ3v) is 6.18. The monoisotopic (exact) mass is 431 g/mol. The highest BCUT2D eigenvalue weighted by Gasteiger charge is 2.17. The van der Waals surface area contributed by atoms with Crippen molar-refractivity contribution in [1.82, 2.24) is 24.9 Å². The van der Waals surface area contributed by atoms with E-state index in [-0.39, 0.29) is 5.91 Å². The summed E-state index contributed by atoms with van der Waals surface area (Å²) in [7, 11) is 2.18. The van der Waals surface area contributed by atoms with Crippen LogP contribution in [0.5, 0.6) is 0 Å². The van der Waals surface area contributed by atoms with E-state index >= 15 is 0 Å². The number of piperazine rings is 1. The van der Waals surface area contributed by atoms with Gasteiger partial charge in [0.25, 0.3) is 5.91 Å². The molecule has 1 aliphatic heterocycles. The van der Waals surface area contributed by atoms with E-state index in [2.05, 4.69) is 70.6 Å².